The van der Waals surface area contributed by atoms with E-state index in [0.29, 0.717) is 5.56 Å². The highest BCUT2D eigenvalue weighted by atomic mass is 35.5. The van der Waals surface area contributed by atoms with E-state index >= 15 is 0 Å². The normalized spacial score (nSPS) is 10.6. The maximum absolute atomic E-state index is 13.9. The molecule has 0 aliphatic rings. The van der Waals surface area contributed by atoms with Crippen molar-refractivity contribution in [2.45, 2.75) is 6.42 Å². The number of rotatable bonds is 3. The molecule has 0 bridgehead atoms. The molecule has 1 aromatic carbocycles. The van der Waals surface area contributed by atoms with Crippen molar-refractivity contribution in [3.63, 3.8) is 0 Å². The first-order valence-electron chi connectivity index (χ1n) is 5.40. The third-order valence-corrected chi connectivity index (χ3v) is 3.80. The third-order valence-electron chi connectivity index (χ3n) is 2.61. The summed E-state index contributed by atoms with van der Waals surface area (Å²) < 4.78 is 13.9. The topological polar surface area (TPSA) is 50.2 Å². The monoisotopic (exact) mass is 333 g/mol. The summed E-state index contributed by atoms with van der Waals surface area (Å²) in [5.41, 5.74) is 0.654. The number of halogens is 4. The third kappa shape index (κ3) is 3.03. The van der Waals surface area contributed by atoms with Gasteiger partial charge in [-0.1, -0.05) is 34.8 Å². The fourth-order valence-corrected chi connectivity index (χ4v) is 2.38. The van der Waals surface area contributed by atoms with Crippen LogP contribution < -0.4 is 0 Å². The average molecular weight is 335 g/mol. The first kappa shape index (κ1) is 15.0. The minimum absolute atomic E-state index is 0.0513. The summed E-state index contributed by atoms with van der Waals surface area (Å²) in [5, 5.41) is 9.32. The lowest BCUT2D eigenvalue weighted by Crippen LogP contribution is -2.04. The van der Waals surface area contributed by atoms with Crippen LogP contribution in [-0.2, 0) is 11.2 Å². The highest BCUT2D eigenvalue weighted by Gasteiger charge is 2.17. The molecule has 0 aliphatic heterocycles. The van der Waals surface area contributed by atoms with Crippen LogP contribution in [0.15, 0.2) is 24.4 Å². The highest BCUT2D eigenvalue weighted by molar-refractivity contribution is 6.48. The number of benzene rings is 1. The van der Waals surface area contributed by atoms with Gasteiger partial charge in [0.25, 0.3) is 0 Å². The Labute approximate surface area is 128 Å². The van der Waals surface area contributed by atoms with E-state index in [1.165, 1.54) is 24.4 Å². The summed E-state index contributed by atoms with van der Waals surface area (Å²) in [5.74, 6) is -1.87. The van der Waals surface area contributed by atoms with Gasteiger partial charge in [0.05, 0.1) is 21.5 Å². The van der Waals surface area contributed by atoms with Crippen molar-refractivity contribution in [2.24, 2.45) is 0 Å². The van der Waals surface area contributed by atoms with Crippen molar-refractivity contribution < 1.29 is 14.3 Å². The van der Waals surface area contributed by atoms with Gasteiger partial charge in [-0.05, 0) is 29.3 Å². The van der Waals surface area contributed by atoms with Crippen LogP contribution in [-0.4, -0.2) is 16.1 Å². The van der Waals surface area contributed by atoms with Crippen molar-refractivity contribution in [2.75, 3.05) is 0 Å². The molecule has 1 aromatic heterocycles. The Morgan fingerprint density at radius 2 is 1.85 bits per heavy atom. The van der Waals surface area contributed by atoms with E-state index in [9.17, 15) is 9.18 Å². The Bertz CT molecular complexity index is 668. The molecule has 3 nitrogen and oxygen atoms in total. The van der Waals surface area contributed by atoms with Gasteiger partial charge in [-0.3, -0.25) is 4.79 Å². The van der Waals surface area contributed by atoms with Crippen LogP contribution in [0.5, 0.6) is 0 Å². The van der Waals surface area contributed by atoms with Gasteiger partial charge in [-0.2, -0.15) is 4.39 Å². The summed E-state index contributed by atoms with van der Waals surface area (Å²) in [6.07, 6.45) is 0.864. The number of nitrogens with zero attached hydrogens (tertiary/aromatic N) is 1. The average Bonchev–Trinajstić information content (AvgIpc) is 2.35. The van der Waals surface area contributed by atoms with Crippen LogP contribution in [0, 0.1) is 5.95 Å². The molecule has 0 saturated carbocycles. The molecule has 0 saturated heterocycles. The minimum atomic E-state index is -1.08. The number of carbonyl (C=O) groups is 1. The number of carboxylic acid groups (broad SMARTS) is 1. The number of carboxylic acids is 1. The van der Waals surface area contributed by atoms with Crippen molar-refractivity contribution in [3.05, 3.63) is 51.0 Å². The van der Waals surface area contributed by atoms with E-state index < -0.39 is 11.9 Å². The first-order chi connectivity index (χ1) is 9.40. The van der Waals surface area contributed by atoms with Gasteiger partial charge in [0.2, 0.25) is 5.95 Å². The van der Waals surface area contributed by atoms with Crippen LogP contribution in [0.4, 0.5) is 4.39 Å². The lowest BCUT2D eigenvalue weighted by molar-refractivity contribution is -0.136. The number of hydrogen-bond donors (Lipinski definition) is 1. The molecule has 1 N–H and O–H groups in total. The number of aromatic nitrogens is 1. The zero-order valence-corrected chi connectivity index (χ0v) is 12.1. The van der Waals surface area contributed by atoms with Crippen molar-refractivity contribution in [1.29, 1.82) is 0 Å². The molecule has 2 aromatic rings. The number of pyridine rings is 1. The second-order valence-electron chi connectivity index (χ2n) is 3.96. The molecule has 0 aliphatic carbocycles. The predicted molar refractivity (Wildman–Crippen MR) is 76.0 cm³/mol. The molecule has 2 rings (SSSR count). The predicted octanol–water partition coefficient (Wildman–Crippen LogP) is 4.48. The zero-order valence-electron chi connectivity index (χ0n) is 9.83. The standard InChI is InChI=1S/C13H7Cl3FNO2/c14-8-3-7(4-9(15)12(8)16)11-6(5-10(19)20)1-2-18-13(11)17/h1-4H,5H2,(H,19,20). The Morgan fingerprint density at radius 1 is 1.25 bits per heavy atom. The lowest BCUT2D eigenvalue weighted by Gasteiger charge is -2.10. The maximum atomic E-state index is 13.9. The van der Waals surface area contributed by atoms with E-state index in [-0.39, 0.29) is 32.6 Å². The molecule has 0 spiro atoms. The highest BCUT2D eigenvalue weighted by Crippen LogP contribution is 2.36. The summed E-state index contributed by atoms with van der Waals surface area (Å²) >= 11 is 17.6. The molecule has 1 heterocycles. The van der Waals surface area contributed by atoms with Gasteiger partial charge in [0.15, 0.2) is 0 Å². The number of aliphatic carboxylic acids is 1. The second kappa shape index (κ2) is 5.95. The summed E-state index contributed by atoms with van der Waals surface area (Å²) in [6, 6.07) is 4.27. The molecule has 0 radical (unpaired) electrons. The molecule has 0 unspecified atom stereocenters. The smallest absolute Gasteiger partial charge is 0.307 e. The van der Waals surface area contributed by atoms with Crippen LogP contribution in [0.3, 0.4) is 0 Å². The van der Waals surface area contributed by atoms with Crippen LogP contribution in [0.2, 0.25) is 15.1 Å². The van der Waals surface area contributed by atoms with Gasteiger partial charge in [-0.25, -0.2) is 4.98 Å². The maximum Gasteiger partial charge on any atom is 0.307 e. The van der Waals surface area contributed by atoms with Crippen LogP contribution >= 0.6 is 34.8 Å². The van der Waals surface area contributed by atoms with Crippen molar-refractivity contribution in [1.82, 2.24) is 4.98 Å². The molecule has 0 atom stereocenters. The molecule has 7 heteroatoms. The van der Waals surface area contributed by atoms with Crippen LogP contribution in [0.25, 0.3) is 11.1 Å². The fourth-order valence-electron chi connectivity index (χ4n) is 1.79. The van der Waals surface area contributed by atoms with E-state index in [1.54, 1.807) is 0 Å². The Balaban J connectivity index is 2.65. The second-order valence-corrected chi connectivity index (χ2v) is 5.15. The van der Waals surface area contributed by atoms with E-state index in [2.05, 4.69) is 4.98 Å². The van der Waals surface area contributed by atoms with Crippen molar-refractivity contribution >= 4 is 40.8 Å². The Hall–Kier alpha value is -1.36. The summed E-state index contributed by atoms with van der Waals surface area (Å²) in [6.45, 7) is 0. The molecular formula is C13H7Cl3FNO2. The fraction of sp³-hybridized carbons (Fsp3) is 0.0769. The lowest BCUT2D eigenvalue weighted by atomic mass is 9.99. The first-order valence-corrected chi connectivity index (χ1v) is 6.53. The molecule has 0 amide bonds. The van der Waals surface area contributed by atoms with Gasteiger partial charge in [-0.15, -0.1) is 0 Å². The van der Waals surface area contributed by atoms with Gasteiger partial charge in [0.1, 0.15) is 0 Å². The Morgan fingerprint density at radius 3 is 2.40 bits per heavy atom. The molecule has 0 fully saturated rings. The largest absolute Gasteiger partial charge is 0.481 e. The van der Waals surface area contributed by atoms with E-state index in [1.807, 2.05) is 0 Å². The van der Waals surface area contributed by atoms with E-state index in [4.69, 9.17) is 39.9 Å². The van der Waals surface area contributed by atoms with E-state index in [0.717, 1.165) is 0 Å². The molecular weight excluding hydrogens is 328 g/mol. The zero-order chi connectivity index (χ0) is 14.9. The quantitative estimate of drug-likeness (QED) is 0.665. The van der Waals surface area contributed by atoms with Gasteiger partial charge >= 0.3 is 5.97 Å². The van der Waals surface area contributed by atoms with Crippen molar-refractivity contribution in [3.8, 4) is 11.1 Å². The minimum Gasteiger partial charge on any atom is -0.481 e. The molecule has 20 heavy (non-hydrogen) atoms. The van der Waals surface area contributed by atoms with Gasteiger partial charge in [0, 0.05) is 11.8 Å². The summed E-state index contributed by atoms with van der Waals surface area (Å²) in [7, 11) is 0. The van der Waals surface area contributed by atoms with Gasteiger partial charge < -0.3 is 5.11 Å². The SMILES string of the molecule is O=C(O)Cc1ccnc(F)c1-c1cc(Cl)c(Cl)c(Cl)c1. The number of hydrogen-bond acceptors (Lipinski definition) is 2. The summed E-state index contributed by atoms with van der Waals surface area (Å²) in [4.78, 5) is 14.4. The van der Waals surface area contributed by atoms with Crippen LogP contribution in [0.1, 0.15) is 5.56 Å². The Kier molecular flexibility index (Phi) is 4.48. The molecule has 104 valence electrons.